The molecule has 2 aromatic carbocycles. The Kier molecular flexibility index (Phi) is 10.6. The maximum Gasteiger partial charge on any atom is 0.267 e. The van der Waals surface area contributed by atoms with Crippen LogP contribution in [0.2, 0.25) is 15.1 Å². The van der Waals surface area contributed by atoms with Gasteiger partial charge in [0.15, 0.2) is 0 Å². The van der Waals surface area contributed by atoms with Crippen molar-refractivity contribution in [1.29, 1.82) is 0 Å². The molecule has 192 valence electrons. The molecule has 6 nitrogen and oxygen atoms in total. The molecule has 0 spiro atoms. The average molecular weight is 568 g/mol. The largest absolute Gasteiger partial charge is 0.322 e. The molecule has 2 N–H and O–H groups in total. The van der Waals surface area contributed by atoms with E-state index in [0.717, 1.165) is 31.7 Å². The van der Waals surface area contributed by atoms with Gasteiger partial charge in [0.25, 0.3) is 11.8 Å². The van der Waals surface area contributed by atoms with Crippen molar-refractivity contribution in [1.82, 2.24) is 9.80 Å². The number of hydrogen-bond donors (Lipinski definition) is 2. The van der Waals surface area contributed by atoms with Gasteiger partial charge in [0.1, 0.15) is 4.88 Å². The van der Waals surface area contributed by atoms with Crippen molar-refractivity contribution in [2.24, 2.45) is 0 Å². The number of anilines is 2. The lowest BCUT2D eigenvalue weighted by molar-refractivity contribution is 0.102. The quantitative estimate of drug-likeness (QED) is 0.262. The number of amides is 2. The van der Waals surface area contributed by atoms with Crippen LogP contribution in [0.5, 0.6) is 0 Å². The highest BCUT2D eigenvalue weighted by atomic mass is 35.5. The first-order valence-electron chi connectivity index (χ1n) is 11.6. The zero-order valence-electron chi connectivity index (χ0n) is 20.4. The number of carbonyl (C=O) groups is 2. The van der Waals surface area contributed by atoms with Gasteiger partial charge in [-0.25, -0.2) is 0 Å². The second-order valence-electron chi connectivity index (χ2n) is 8.27. The molecule has 0 saturated heterocycles. The Hall–Kier alpha value is -2.13. The molecule has 2 amide bonds. The molecular weight excluding hydrogens is 539 g/mol. The SMILES string of the molecule is CCN(CC)CCN(C)Cc1csc(C(=O)Nc2ccc(Cl)cc2C(=O)Nc2ccc(Cl)cc2)c1Cl. The van der Waals surface area contributed by atoms with Crippen molar-refractivity contribution in [3.8, 4) is 0 Å². The molecule has 0 fully saturated rings. The predicted octanol–water partition coefficient (Wildman–Crippen LogP) is 6.99. The van der Waals surface area contributed by atoms with Crippen LogP contribution in [0.15, 0.2) is 47.8 Å². The van der Waals surface area contributed by atoms with E-state index in [0.29, 0.717) is 37.9 Å². The van der Waals surface area contributed by atoms with Crippen LogP contribution in [0.1, 0.15) is 39.4 Å². The van der Waals surface area contributed by atoms with Gasteiger partial charge in [-0.2, -0.15) is 0 Å². The molecule has 0 unspecified atom stereocenters. The summed E-state index contributed by atoms with van der Waals surface area (Å²) >= 11 is 19.9. The first-order valence-corrected chi connectivity index (χ1v) is 13.6. The van der Waals surface area contributed by atoms with Gasteiger partial charge >= 0.3 is 0 Å². The van der Waals surface area contributed by atoms with Gasteiger partial charge in [0, 0.05) is 35.4 Å². The van der Waals surface area contributed by atoms with Crippen LogP contribution in [0, 0.1) is 0 Å². The van der Waals surface area contributed by atoms with Crippen LogP contribution >= 0.6 is 46.1 Å². The summed E-state index contributed by atoms with van der Waals surface area (Å²) in [6.07, 6.45) is 0. The Morgan fingerprint density at radius 3 is 2.22 bits per heavy atom. The van der Waals surface area contributed by atoms with E-state index >= 15 is 0 Å². The first-order chi connectivity index (χ1) is 17.2. The van der Waals surface area contributed by atoms with Crippen molar-refractivity contribution in [2.75, 3.05) is 43.9 Å². The van der Waals surface area contributed by atoms with E-state index in [-0.39, 0.29) is 11.5 Å². The number of thiophene rings is 1. The van der Waals surface area contributed by atoms with E-state index in [1.165, 1.54) is 17.4 Å². The van der Waals surface area contributed by atoms with E-state index in [1.54, 1.807) is 36.4 Å². The number of likely N-dealkylation sites (N-methyl/N-ethyl adjacent to an activating group) is 2. The summed E-state index contributed by atoms with van der Waals surface area (Å²) < 4.78 is 0. The number of benzene rings is 2. The minimum absolute atomic E-state index is 0.231. The van der Waals surface area contributed by atoms with E-state index in [1.807, 2.05) is 12.4 Å². The molecule has 1 heterocycles. The molecule has 3 rings (SSSR count). The Balaban J connectivity index is 1.71. The van der Waals surface area contributed by atoms with Crippen LogP contribution in [0.3, 0.4) is 0 Å². The summed E-state index contributed by atoms with van der Waals surface area (Å²) in [7, 11) is 2.04. The third-order valence-electron chi connectivity index (χ3n) is 5.72. The molecule has 0 aliphatic carbocycles. The Morgan fingerprint density at radius 1 is 0.889 bits per heavy atom. The second kappa shape index (κ2) is 13.4. The molecule has 0 atom stereocenters. The number of nitrogens with one attached hydrogen (secondary N) is 2. The molecule has 3 aromatic rings. The third kappa shape index (κ3) is 7.68. The number of hydrogen-bond acceptors (Lipinski definition) is 5. The molecular formula is C26H29Cl3N4O2S. The standard InChI is InChI=1S/C26H29Cl3N4O2S/c1-4-33(5-2)13-12-32(3)15-17-16-36-24(23(17)29)26(35)31-22-11-8-19(28)14-21(22)25(34)30-20-9-6-18(27)7-10-20/h6-11,14,16H,4-5,12-13,15H2,1-3H3,(H,30,34)(H,31,35). The summed E-state index contributed by atoms with van der Waals surface area (Å²) in [6, 6.07) is 11.5. The predicted molar refractivity (Wildman–Crippen MR) is 152 cm³/mol. The van der Waals surface area contributed by atoms with Crippen LogP contribution in [0.25, 0.3) is 0 Å². The maximum absolute atomic E-state index is 13.1. The van der Waals surface area contributed by atoms with Gasteiger partial charge in [-0.3, -0.25) is 9.59 Å². The topological polar surface area (TPSA) is 64.7 Å². The summed E-state index contributed by atoms with van der Waals surface area (Å²) in [5.74, 6) is -0.798. The van der Waals surface area contributed by atoms with Crippen molar-refractivity contribution >= 4 is 69.3 Å². The molecule has 0 aliphatic rings. The fourth-order valence-corrected chi connectivity index (χ4v) is 5.13. The summed E-state index contributed by atoms with van der Waals surface area (Å²) in [5.41, 5.74) is 2.02. The van der Waals surface area contributed by atoms with E-state index in [4.69, 9.17) is 34.8 Å². The highest BCUT2D eigenvalue weighted by Crippen LogP contribution is 2.31. The summed E-state index contributed by atoms with van der Waals surface area (Å²) in [6.45, 7) is 8.83. The van der Waals surface area contributed by atoms with Gasteiger partial charge < -0.3 is 20.4 Å². The minimum Gasteiger partial charge on any atom is -0.322 e. The van der Waals surface area contributed by atoms with Crippen LogP contribution < -0.4 is 10.6 Å². The fourth-order valence-electron chi connectivity index (χ4n) is 3.59. The van der Waals surface area contributed by atoms with Crippen molar-refractivity contribution in [3.05, 3.63) is 78.9 Å². The van der Waals surface area contributed by atoms with E-state index in [9.17, 15) is 9.59 Å². The summed E-state index contributed by atoms with van der Waals surface area (Å²) in [5, 5.41) is 8.87. The molecule has 36 heavy (non-hydrogen) atoms. The highest BCUT2D eigenvalue weighted by Gasteiger charge is 2.20. The van der Waals surface area contributed by atoms with Gasteiger partial charge in [0.2, 0.25) is 0 Å². The van der Waals surface area contributed by atoms with Gasteiger partial charge in [-0.15, -0.1) is 11.3 Å². The molecule has 0 aliphatic heterocycles. The highest BCUT2D eigenvalue weighted by molar-refractivity contribution is 7.13. The first kappa shape index (κ1) is 28.4. The van der Waals surface area contributed by atoms with Crippen molar-refractivity contribution in [3.63, 3.8) is 0 Å². The number of nitrogens with zero attached hydrogens (tertiary/aromatic N) is 2. The number of rotatable bonds is 11. The van der Waals surface area contributed by atoms with Crippen molar-refractivity contribution in [2.45, 2.75) is 20.4 Å². The number of halogens is 3. The van der Waals surface area contributed by atoms with Crippen LogP contribution in [-0.4, -0.2) is 54.8 Å². The van der Waals surface area contributed by atoms with E-state index in [2.05, 4.69) is 34.3 Å². The molecule has 1 aromatic heterocycles. The van der Waals surface area contributed by atoms with Gasteiger partial charge in [-0.05, 0) is 73.5 Å². The lowest BCUT2D eigenvalue weighted by Crippen LogP contribution is -2.32. The molecule has 0 saturated carbocycles. The Labute approximate surface area is 231 Å². The number of carbonyl (C=O) groups excluding carboxylic acids is 2. The minimum atomic E-state index is -0.414. The Bertz CT molecular complexity index is 1200. The van der Waals surface area contributed by atoms with Crippen molar-refractivity contribution < 1.29 is 9.59 Å². The zero-order valence-corrected chi connectivity index (χ0v) is 23.5. The molecule has 10 heteroatoms. The lowest BCUT2D eigenvalue weighted by atomic mass is 10.1. The van der Waals surface area contributed by atoms with Crippen LogP contribution in [0.4, 0.5) is 11.4 Å². The van der Waals surface area contributed by atoms with Gasteiger partial charge in [0.05, 0.1) is 16.3 Å². The smallest absolute Gasteiger partial charge is 0.267 e. The van der Waals surface area contributed by atoms with E-state index < -0.39 is 5.91 Å². The Morgan fingerprint density at radius 2 is 1.56 bits per heavy atom. The molecule has 0 radical (unpaired) electrons. The van der Waals surface area contributed by atoms with Gasteiger partial charge in [-0.1, -0.05) is 48.7 Å². The third-order valence-corrected chi connectivity index (χ3v) is 7.77. The lowest BCUT2D eigenvalue weighted by Gasteiger charge is -2.22. The average Bonchev–Trinajstić information content (AvgIpc) is 3.22. The monoisotopic (exact) mass is 566 g/mol. The molecule has 0 bridgehead atoms. The normalized spacial score (nSPS) is 11.2. The fraction of sp³-hybridized carbons (Fsp3) is 0.308. The zero-order chi connectivity index (χ0) is 26.2. The summed E-state index contributed by atoms with van der Waals surface area (Å²) in [4.78, 5) is 31.0. The van der Waals surface area contributed by atoms with Crippen LogP contribution in [-0.2, 0) is 6.54 Å². The second-order valence-corrected chi connectivity index (χ2v) is 10.4. The maximum atomic E-state index is 13.1.